The highest BCUT2D eigenvalue weighted by atomic mass is 127. The first-order valence-corrected chi connectivity index (χ1v) is 5.83. The average molecular weight is 314 g/mol. The van der Waals surface area contributed by atoms with Gasteiger partial charge in [-0.2, -0.15) is 0 Å². The smallest absolute Gasteiger partial charge is 0.228 e. The zero-order valence-electron chi connectivity index (χ0n) is 8.19. The summed E-state index contributed by atoms with van der Waals surface area (Å²) < 4.78 is 1.01. The second-order valence-corrected chi connectivity index (χ2v) is 4.68. The van der Waals surface area contributed by atoms with Crippen LogP contribution in [0.2, 0.25) is 0 Å². The molecule has 1 aromatic rings. The Balaban J connectivity index is 2.29. The quantitative estimate of drug-likeness (QED) is 0.619. The minimum Gasteiger partial charge on any atom is -0.295 e. The zero-order chi connectivity index (χ0) is 10.8. The molecular weight excluding hydrogens is 303 g/mol. The minimum atomic E-state index is 0.136. The molecule has 2 heterocycles. The van der Waals surface area contributed by atoms with Crippen LogP contribution in [0, 0.1) is 9.49 Å². The Morgan fingerprint density at radius 2 is 2.47 bits per heavy atom. The fraction of sp³-hybridized carbons (Fsp3) is 0.273. The van der Waals surface area contributed by atoms with Crippen LogP contribution >= 0.6 is 22.6 Å². The summed E-state index contributed by atoms with van der Waals surface area (Å²) in [6, 6.07) is 3.83. The lowest BCUT2D eigenvalue weighted by Crippen LogP contribution is -2.26. The Hall–Kier alpha value is -0.910. The Morgan fingerprint density at radius 1 is 1.67 bits per heavy atom. The van der Waals surface area contributed by atoms with Crippen molar-refractivity contribution in [3.8, 4) is 0 Å². The molecule has 1 saturated heterocycles. The Morgan fingerprint density at radius 3 is 3.07 bits per heavy atom. The average Bonchev–Trinajstić information content (AvgIpc) is 2.60. The van der Waals surface area contributed by atoms with E-state index in [1.165, 1.54) is 0 Å². The molecule has 0 radical (unpaired) electrons. The molecule has 1 fully saturated rings. The Kier molecular flexibility index (Phi) is 3.04. The lowest BCUT2D eigenvalue weighted by Gasteiger charge is -2.16. The van der Waals surface area contributed by atoms with E-state index in [2.05, 4.69) is 34.2 Å². The van der Waals surface area contributed by atoms with Crippen molar-refractivity contribution < 1.29 is 4.79 Å². The number of pyridine rings is 1. The maximum Gasteiger partial charge on any atom is 0.228 e. The van der Waals surface area contributed by atoms with Gasteiger partial charge >= 0.3 is 0 Å². The number of carbonyl (C=O) groups excluding carboxylic acids is 1. The van der Waals surface area contributed by atoms with Crippen molar-refractivity contribution in [1.82, 2.24) is 4.98 Å². The summed E-state index contributed by atoms with van der Waals surface area (Å²) in [4.78, 5) is 17.7. The number of anilines is 1. The van der Waals surface area contributed by atoms with Crippen molar-refractivity contribution in [2.45, 2.75) is 6.42 Å². The van der Waals surface area contributed by atoms with Gasteiger partial charge in [0.15, 0.2) is 0 Å². The number of amides is 1. The van der Waals surface area contributed by atoms with E-state index in [1.807, 2.05) is 18.2 Å². The van der Waals surface area contributed by atoms with Gasteiger partial charge < -0.3 is 0 Å². The molecular formula is C11H11IN2O. The fourth-order valence-corrected chi connectivity index (χ4v) is 2.31. The molecule has 1 unspecified atom stereocenters. The normalized spacial score (nSPS) is 20.7. The van der Waals surface area contributed by atoms with Crippen LogP contribution in [-0.2, 0) is 4.79 Å². The van der Waals surface area contributed by atoms with Crippen LogP contribution in [0.3, 0.4) is 0 Å². The molecule has 1 aromatic heterocycles. The zero-order valence-corrected chi connectivity index (χ0v) is 10.3. The summed E-state index contributed by atoms with van der Waals surface area (Å²) in [7, 11) is 0. The third-order valence-electron chi connectivity index (χ3n) is 2.48. The first kappa shape index (κ1) is 10.6. The van der Waals surface area contributed by atoms with Gasteiger partial charge in [-0.3, -0.25) is 9.69 Å². The molecule has 1 amide bonds. The van der Waals surface area contributed by atoms with Crippen molar-refractivity contribution in [3.63, 3.8) is 0 Å². The highest BCUT2D eigenvalue weighted by Crippen LogP contribution is 2.27. The second kappa shape index (κ2) is 4.30. The summed E-state index contributed by atoms with van der Waals surface area (Å²) in [6.45, 7) is 4.43. The van der Waals surface area contributed by atoms with Crippen LogP contribution in [0.5, 0.6) is 0 Å². The number of hydrogen-bond acceptors (Lipinski definition) is 2. The van der Waals surface area contributed by atoms with E-state index in [0.29, 0.717) is 13.0 Å². The van der Waals surface area contributed by atoms with E-state index >= 15 is 0 Å². The maximum atomic E-state index is 11.7. The van der Waals surface area contributed by atoms with Gasteiger partial charge in [0, 0.05) is 25.1 Å². The van der Waals surface area contributed by atoms with Gasteiger partial charge in [0.2, 0.25) is 5.91 Å². The fourth-order valence-electron chi connectivity index (χ4n) is 1.67. The van der Waals surface area contributed by atoms with E-state index in [0.717, 1.165) is 9.39 Å². The van der Waals surface area contributed by atoms with Gasteiger partial charge in [0.05, 0.1) is 3.57 Å². The van der Waals surface area contributed by atoms with Gasteiger partial charge in [-0.25, -0.2) is 4.98 Å². The number of halogens is 1. The number of hydrogen-bond donors (Lipinski definition) is 0. The predicted octanol–water partition coefficient (Wildman–Crippen LogP) is 2.23. The van der Waals surface area contributed by atoms with E-state index in [-0.39, 0.29) is 11.8 Å². The van der Waals surface area contributed by atoms with E-state index < -0.39 is 0 Å². The number of carbonyl (C=O) groups is 1. The lowest BCUT2D eigenvalue weighted by atomic mass is 10.1. The molecule has 1 atom stereocenters. The molecule has 1 aliphatic rings. The SMILES string of the molecule is C=CC1CC(=O)N(c2ncccc2I)C1. The van der Waals surface area contributed by atoms with E-state index in [9.17, 15) is 4.79 Å². The van der Waals surface area contributed by atoms with Crippen molar-refractivity contribution in [2.75, 3.05) is 11.4 Å². The lowest BCUT2D eigenvalue weighted by molar-refractivity contribution is -0.117. The van der Waals surface area contributed by atoms with Crippen molar-refractivity contribution in [2.24, 2.45) is 5.92 Å². The molecule has 4 heteroatoms. The third-order valence-corrected chi connectivity index (χ3v) is 3.33. The van der Waals surface area contributed by atoms with Crippen LogP contribution < -0.4 is 4.90 Å². The summed E-state index contributed by atoms with van der Waals surface area (Å²) in [5.41, 5.74) is 0. The van der Waals surface area contributed by atoms with Gasteiger partial charge in [-0.05, 0) is 34.7 Å². The van der Waals surface area contributed by atoms with Crippen LogP contribution in [0.1, 0.15) is 6.42 Å². The molecule has 0 saturated carbocycles. The van der Waals surface area contributed by atoms with Crippen LogP contribution in [0.4, 0.5) is 5.82 Å². The monoisotopic (exact) mass is 314 g/mol. The molecule has 78 valence electrons. The Bertz CT molecular complexity index is 405. The number of rotatable bonds is 2. The van der Waals surface area contributed by atoms with Crippen LogP contribution in [0.15, 0.2) is 31.0 Å². The van der Waals surface area contributed by atoms with E-state index in [4.69, 9.17) is 0 Å². The molecule has 2 rings (SSSR count). The first-order valence-electron chi connectivity index (χ1n) is 4.76. The summed E-state index contributed by atoms with van der Waals surface area (Å²) in [6.07, 6.45) is 4.11. The van der Waals surface area contributed by atoms with Crippen molar-refractivity contribution in [3.05, 3.63) is 34.6 Å². The maximum absolute atomic E-state index is 11.7. The van der Waals surface area contributed by atoms with Gasteiger partial charge in [0.1, 0.15) is 5.82 Å². The molecule has 3 nitrogen and oxygen atoms in total. The summed E-state index contributed by atoms with van der Waals surface area (Å²) >= 11 is 2.20. The molecule has 15 heavy (non-hydrogen) atoms. The predicted molar refractivity (Wildman–Crippen MR) is 67.6 cm³/mol. The van der Waals surface area contributed by atoms with Gasteiger partial charge in [0.25, 0.3) is 0 Å². The summed E-state index contributed by atoms with van der Waals surface area (Å²) in [5.74, 6) is 1.17. The Labute approximate surface area is 102 Å². The van der Waals surface area contributed by atoms with Crippen LogP contribution in [0.25, 0.3) is 0 Å². The summed E-state index contributed by atoms with van der Waals surface area (Å²) in [5, 5.41) is 0. The van der Waals surface area contributed by atoms with Gasteiger partial charge in [-0.1, -0.05) is 6.08 Å². The highest BCUT2D eigenvalue weighted by Gasteiger charge is 2.30. The molecule has 0 aromatic carbocycles. The number of nitrogens with zero attached hydrogens (tertiary/aromatic N) is 2. The first-order chi connectivity index (χ1) is 7.22. The minimum absolute atomic E-state index is 0.136. The molecule has 1 aliphatic heterocycles. The van der Waals surface area contributed by atoms with Crippen molar-refractivity contribution >= 4 is 34.3 Å². The standard InChI is InChI=1S/C11H11IN2O/c1-2-8-6-10(15)14(7-8)11-9(12)4-3-5-13-11/h2-5,8H,1,6-7H2. The molecule has 0 spiro atoms. The van der Waals surface area contributed by atoms with Gasteiger partial charge in [-0.15, -0.1) is 6.58 Å². The second-order valence-electron chi connectivity index (χ2n) is 3.51. The van der Waals surface area contributed by atoms with Crippen LogP contribution in [-0.4, -0.2) is 17.4 Å². The largest absolute Gasteiger partial charge is 0.295 e. The topological polar surface area (TPSA) is 33.2 Å². The molecule has 0 aliphatic carbocycles. The highest BCUT2D eigenvalue weighted by molar-refractivity contribution is 14.1. The molecule has 0 N–H and O–H groups in total. The van der Waals surface area contributed by atoms with Crippen molar-refractivity contribution in [1.29, 1.82) is 0 Å². The third kappa shape index (κ3) is 2.04. The van der Waals surface area contributed by atoms with E-state index in [1.54, 1.807) is 11.1 Å². The number of aromatic nitrogens is 1. The molecule has 0 bridgehead atoms.